The van der Waals surface area contributed by atoms with Crippen LogP contribution < -0.4 is 0 Å². The van der Waals surface area contributed by atoms with Crippen LogP contribution in [0.3, 0.4) is 0 Å². The van der Waals surface area contributed by atoms with Gasteiger partial charge in [-0.15, -0.1) is 0 Å². The van der Waals surface area contributed by atoms with Gasteiger partial charge in [0.2, 0.25) is 0 Å². The summed E-state index contributed by atoms with van der Waals surface area (Å²) >= 11 is 0. The molecule has 0 aromatic heterocycles. The highest BCUT2D eigenvalue weighted by Crippen LogP contribution is 2.13. The lowest BCUT2D eigenvalue weighted by Gasteiger charge is -2.06. The van der Waals surface area contributed by atoms with E-state index in [0.29, 0.717) is 0 Å². The van der Waals surface area contributed by atoms with Crippen molar-refractivity contribution in [1.29, 1.82) is 0 Å². The number of ether oxygens (including phenoxy) is 1. The van der Waals surface area contributed by atoms with Crippen LogP contribution in [0.15, 0.2) is 12.2 Å². The third-order valence-corrected chi connectivity index (χ3v) is 2.06. The van der Waals surface area contributed by atoms with E-state index in [1.54, 1.807) is 0 Å². The molecule has 2 nitrogen and oxygen atoms in total. The number of unbranched alkanes of at least 4 members (excludes halogenated alkanes) is 3. The van der Waals surface area contributed by atoms with Gasteiger partial charge >= 0.3 is 5.97 Å². The normalized spacial score (nSPS) is 21.4. The topological polar surface area (TPSA) is 26.3 Å². The molecule has 0 unspecified atom stereocenters. The molecule has 1 atom stereocenters. The van der Waals surface area contributed by atoms with Gasteiger partial charge in [-0.3, -0.25) is 0 Å². The number of carbonyl (C=O) groups is 1. The molecule has 12 heavy (non-hydrogen) atoms. The molecule has 0 aromatic carbocycles. The summed E-state index contributed by atoms with van der Waals surface area (Å²) in [5.74, 6) is -0.185. The number of carbonyl (C=O) groups excluding carboxylic acids is 1. The Morgan fingerprint density at radius 2 is 2.25 bits per heavy atom. The van der Waals surface area contributed by atoms with Crippen LogP contribution in [-0.4, -0.2) is 12.1 Å². The SMILES string of the molecule is CCCCCC[C@@H]1C=CC(=O)O1. The van der Waals surface area contributed by atoms with Crippen molar-refractivity contribution in [2.45, 2.75) is 45.1 Å². The first-order chi connectivity index (χ1) is 5.83. The minimum absolute atomic E-state index is 0.0642. The number of cyclic esters (lactones) is 1. The van der Waals surface area contributed by atoms with Crippen LogP contribution in [0, 0.1) is 0 Å². The van der Waals surface area contributed by atoms with E-state index in [1.165, 1.54) is 25.3 Å². The molecular weight excluding hydrogens is 152 g/mol. The predicted octanol–water partition coefficient (Wildman–Crippen LogP) is 2.44. The molecule has 0 N–H and O–H groups in total. The van der Waals surface area contributed by atoms with Crippen LogP contribution in [0.1, 0.15) is 39.0 Å². The molecule has 0 amide bonds. The molecule has 1 rings (SSSR count). The van der Waals surface area contributed by atoms with E-state index in [0.717, 1.165) is 12.8 Å². The molecule has 0 bridgehead atoms. The van der Waals surface area contributed by atoms with Crippen LogP contribution in [-0.2, 0) is 9.53 Å². The molecule has 2 heteroatoms. The molecule has 0 aliphatic carbocycles. The molecule has 0 aromatic rings. The van der Waals surface area contributed by atoms with Gasteiger partial charge in [0.05, 0.1) is 0 Å². The first-order valence-corrected chi connectivity index (χ1v) is 4.71. The highest BCUT2D eigenvalue weighted by atomic mass is 16.5. The second kappa shape index (κ2) is 4.96. The van der Waals surface area contributed by atoms with Gasteiger partial charge in [0.15, 0.2) is 0 Å². The maximum atomic E-state index is 10.6. The van der Waals surface area contributed by atoms with Crippen molar-refractivity contribution in [3.63, 3.8) is 0 Å². The number of hydrogen-bond donors (Lipinski definition) is 0. The van der Waals surface area contributed by atoms with Gasteiger partial charge < -0.3 is 4.74 Å². The van der Waals surface area contributed by atoms with Crippen LogP contribution in [0.25, 0.3) is 0 Å². The zero-order chi connectivity index (χ0) is 8.81. The standard InChI is InChI=1S/C10H16O2/c1-2-3-4-5-6-9-7-8-10(11)12-9/h7-9H,2-6H2,1H3/t9-/m1/s1. The van der Waals surface area contributed by atoms with Crippen molar-refractivity contribution < 1.29 is 9.53 Å². The Bertz CT molecular complexity index is 173. The fourth-order valence-corrected chi connectivity index (χ4v) is 1.34. The van der Waals surface area contributed by atoms with E-state index < -0.39 is 0 Å². The molecule has 0 saturated carbocycles. The largest absolute Gasteiger partial charge is 0.455 e. The van der Waals surface area contributed by atoms with Crippen LogP contribution >= 0.6 is 0 Å². The van der Waals surface area contributed by atoms with Gasteiger partial charge in [0.25, 0.3) is 0 Å². The second-order valence-electron chi connectivity index (χ2n) is 3.18. The zero-order valence-corrected chi connectivity index (χ0v) is 7.58. The quantitative estimate of drug-likeness (QED) is 0.465. The average Bonchev–Trinajstić information content (AvgIpc) is 2.45. The summed E-state index contributed by atoms with van der Waals surface area (Å²) in [7, 11) is 0. The highest BCUT2D eigenvalue weighted by molar-refractivity contribution is 5.84. The van der Waals surface area contributed by atoms with Gasteiger partial charge in [0.1, 0.15) is 6.10 Å². The fraction of sp³-hybridized carbons (Fsp3) is 0.700. The van der Waals surface area contributed by atoms with Crippen LogP contribution in [0.5, 0.6) is 0 Å². The van der Waals surface area contributed by atoms with Crippen molar-refractivity contribution in [3.8, 4) is 0 Å². The van der Waals surface area contributed by atoms with Crippen molar-refractivity contribution in [2.24, 2.45) is 0 Å². The Kier molecular flexibility index (Phi) is 3.85. The number of rotatable bonds is 5. The summed E-state index contributed by atoms with van der Waals surface area (Å²) in [6.07, 6.45) is 9.37. The second-order valence-corrected chi connectivity index (χ2v) is 3.18. The fourth-order valence-electron chi connectivity index (χ4n) is 1.34. The minimum atomic E-state index is -0.185. The lowest BCUT2D eigenvalue weighted by molar-refractivity contribution is -0.138. The van der Waals surface area contributed by atoms with Crippen molar-refractivity contribution >= 4 is 5.97 Å². The van der Waals surface area contributed by atoms with Crippen LogP contribution in [0.4, 0.5) is 0 Å². The molecule has 0 saturated heterocycles. The smallest absolute Gasteiger partial charge is 0.331 e. The number of esters is 1. The lowest BCUT2D eigenvalue weighted by Crippen LogP contribution is -2.06. The Balaban J connectivity index is 2.01. The van der Waals surface area contributed by atoms with Gasteiger partial charge in [-0.05, 0) is 18.9 Å². The summed E-state index contributed by atoms with van der Waals surface area (Å²) in [4.78, 5) is 10.6. The van der Waals surface area contributed by atoms with E-state index in [9.17, 15) is 4.79 Å². The summed E-state index contributed by atoms with van der Waals surface area (Å²) in [6, 6.07) is 0. The highest BCUT2D eigenvalue weighted by Gasteiger charge is 2.14. The van der Waals surface area contributed by atoms with Gasteiger partial charge in [0, 0.05) is 6.08 Å². The maximum absolute atomic E-state index is 10.6. The Labute approximate surface area is 73.6 Å². The first-order valence-electron chi connectivity index (χ1n) is 4.71. The number of hydrogen-bond acceptors (Lipinski definition) is 2. The van der Waals surface area contributed by atoms with E-state index >= 15 is 0 Å². The molecule has 68 valence electrons. The molecule has 1 heterocycles. The van der Waals surface area contributed by atoms with Crippen molar-refractivity contribution in [1.82, 2.24) is 0 Å². The maximum Gasteiger partial charge on any atom is 0.331 e. The van der Waals surface area contributed by atoms with Crippen LogP contribution in [0.2, 0.25) is 0 Å². The van der Waals surface area contributed by atoms with Gasteiger partial charge in [-0.2, -0.15) is 0 Å². The van der Waals surface area contributed by atoms with E-state index in [2.05, 4.69) is 6.92 Å². The summed E-state index contributed by atoms with van der Waals surface area (Å²) < 4.78 is 4.99. The average molecular weight is 168 g/mol. The summed E-state index contributed by atoms with van der Waals surface area (Å²) in [5, 5.41) is 0. The Morgan fingerprint density at radius 1 is 1.42 bits per heavy atom. The molecule has 0 spiro atoms. The molecular formula is C10H16O2. The molecule has 1 aliphatic heterocycles. The first kappa shape index (κ1) is 9.30. The molecule has 0 fully saturated rings. The van der Waals surface area contributed by atoms with Crippen molar-refractivity contribution in [3.05, 3.63) is 12.2 Å². The molecule has 1 aliphatic rings. The Morgan fingerprint density at radius 3 is 2.83 bits per heavy atom. The summed E-state index contributed by atoms with van der Waals surface area (Å²) in [5.41, 5.74) is 0. The lowest BCUT2D eigenvalue weighted by atomic mass is 10.1. The minimum Gasteiger partial charge on any atom is -0.455 e. The molecule has 0 radical (unpaired) electrons. The predicted molar refractivity (Wildman–Crippen MR) is 47.8 cm³/mol. The van der Waals surface area contributed by atoms with E-state index in [1.807, 2.05) is 6.08 Å². The van der Waals surface area contributed by atoms with E-state index in [-0.39, 0.29) is 12.1 Å². The van der Waals surface area contributed by atoms with E-state index in [4.69, 9.17) is 4.74 Å². The van der Waals surface area contributed by atoms with Gasteiger partial charge in [-0.25, -0.2) is 4.79 Å². The van der Waals surface area contributed by atoms with Crippen molar-refractivity contribution in [2.75, 3.05) is 0 Å². The third-order valence-electron chi connectivity index (χ3n) is 2.06. The monoisotopic (exact) mass is 168 g/mol. The third kappa shape index (κ3) is 3.07. The Hall–Kier alpha value is -0.790. The van der Waals surface area contributed by atoms with Gasteiger partial charge in [-0.1, -0.05) is 26.2 Å². The summed E-state index contributed by atoms with van der Waals surface area (Å²) in [6.45, 7) is 2.19. The zero-order valence-electron chi connectivity index (χ0n) is 7.58.